The molecule has 3 rings (SSSR count). The maximum Gasteiger partial charge on any atom is 0.255 e. The molecular formula is C21H26N2O5S. The number of ether oxygens (including phenoxy) is 2. The minimum atomic E-state index is -3.75. The van der Waals surface area contributed by atoms with Crippen LogP contribution in [0.3, 0.4) is 0 Å². The number of carbonyl (C=O) groups excluding carboxylic acids is 1. The highest BCUT2D eigenvalue weighted by molar-refractivity contribution is 7.89. The van der Waals surface area contributed by atoms with E-state index >= 15 is 0 Å². The topological polar surface area (TPSA) is 93.7 Å². The van der Waals surface area contributed by atoms with Crippen LogP contribution >= 0.6 is 0 Å². The van der Waals surface area contributed by atoms with Gasteiger partial charge in [0.25, 0.3) is 5.91 Å². The molecule has 0 fully saturated rings. The van der Waals surface area contributed by atoms with Crippen molar-refractivity contribution in [2.24, 2.45) is 0 Å². The molecule has 2 N–H and O–H groups in total. The van der Waals surface area contributed by atoms with E-state index in [9.17, 15) is 13.2 Å². The monoisotopic (exact) mass is 418 g/mol. The number of hydrogen-bond acceptors (Lipinski definition) is 5. The van der Waals surface area contributed by atoms with Crippen molar-refractivity contribution in [1.82, 2.24) is 4.72 Å². The molecule has 1 aliphatic heterocycles. The van der Waals surface area contributed by atoms with Crippen LogP contribution in [-0.2, 0) is 10.0 Å². The van der Waals surface area contributed by atoms with Crippen molar-refractivity contribution < 1.29 is 22.7 Å². The second-order valence-electron chi connectivity index (χ2n) is 8.00. The zero-order valence-corrected chi connectivity index (χ0v) is 17.9. The Morgan fingerprint density at radius 3 is 2.38 bits per heavy atom. The highest BCUT2D eigenvalue weighted by Gasteiger charge is 2.23. The van der Waals surface area contributed by atoms with E-state index in [4.69, 9.17) is 9.47 Å². The fourth-order valence-corrected chi connectivity index (χ4v) is 4.36. The van der Waals surface area contributed by atoms with Crippen molar-refractivity contribution in [3.8, 4) is 11.5 Å². The Hall–Kier alpha value is -2.58. The van der Waals surface area contributed by atoms with E-state index in [1.54, 1.807) is 52.0 Å². The molecule has 7 nitrogen and oxygen atoms in total. The van der Waals surface area contributed by atoms with Crippen LogP contribution in [0.2, 0.25) is 0 Å². The minimum absolute atomic E-state index is 0.0434. The molecule has 1 aliphatic rings. The Morgan fingerprint density at radius 2 is 1.69 bits per heavy atom. The third-order valence-electron chi connectivity index (χ3n) is 4.21. The molecule has 29 heavy (non-hydrogen) atoms. The summed E-state index contributed by atoms with van der Waals surface area (Å²) in [5.41, 5.74) is 0.871. The average Bonchev–Trinajstić information content (AvgIpc) is 2.84. The van der Waals surface area contributed by atoms with Gasteiger partial charge in [0.1, 0.15) is 0 Å². The molecular weight excluding hydrogens is 392 g/mol. The molecule has 0 saturated carbocycles. The molecule has 0 aromatic heterocycles. The number of rotatable bonds is 4. The van der Waals surface area contributed by atoms with Crippen molar-refractivity contribution in [2.45, 2.75) is 44.6 Å². The van der Waals surface area contributed by atoms with Crippen molar-refractivity contribution in [3.63, 3.8) is 0 Å². The van der Waals surface area contributed by atoms with Crippen LogP contribution < -0.4 is 19.5 Å². The molecule has 0 aliphatic carbocycles. The van der Waals surface area contributed by atoms with Crippen molar-refractivity contribution in [3.05, 3.63) is 47.5 Å². The van der Waals surface area contributed by atoms with Crippen LogP contribution in [0.15, 0.2) is 41.3 Å². The zero-order chi connectivity index (χ0) is 21.2. The van der Waals surface area contributed by atoms with Crippen LogP contribution in [0.25, 0.3) is 0 Å². The third-order valence-corrected chi connectivity index (χ3v) is 5.97. The lowest BCUT2D eigenvalue weighted by molar-refractivity contribution is 0.102. The maximum absolute atomic E-state index is 12.8. The number of aryl methyl sites for hydroxylation is 1. The van der Waals surface area contributed by atoms with Gasteiger partial charge in [0.15, 0.2) is 11.5 Å². The van der Waals surface area contributed by atoms with Gasteiger partial charge < -0.3 is 14.8 Å². The summed E-state index contributed by atoms with van der Waals surface area (Å²) >= 11 is 0. The summed E-state index contributed by atoms with van der Waals surface area (Å²) in [6.07, 6.45) is 0.791. The van der Waals surface area contributed by atoms with Gasteiger partial charge in [0, 0.05) is 29.3 Å². The van der Waals surface area contributed by atoms with E-state index < -0.39 is 21.5 Å². The summed E-state index contributed by atoms with van der Waals surface area (Å²) in [7, 11) is -3.75. The number of sulfonamides is 1. The smallest absolute Gasteiger partial charge is 0.255 e. The second-order valence-corrected chi connectivity index (χ2v) is 9.68. The van der Waals surface area contributed by atoms with Crippen LogP contribution in [0.1, 0.15) is 43.1 Å². The first-order valence-electron chi connectivity index (χ1n) is 9.41. The maximum atomic E-state index is 12.8. The molecule has 2 aromatic carbocycles. The summed E-state index contributed by atoms with van der Waals surface area (Å²) < 4.78 is 39.1. The van der Waals surface area contributed by atoms with Gasteiger partial charge in [0.05, 0.1) is 18.1 Å². The molecule has 0 atom stereocenters. The van der Waals surface area contributed by atoms with Gasteiger partial charge in [-0.3, -0.25) is 4.79 Å². The first-order chi connectivity index (χ1) is 13.5. The predicted octanol–water partition coefficient (Wildman–Crippen LogP) is 3.49. The van der Waals surface area contributed by atoms with Crippen molar-refractivity contribution in [2.75, 3.05) is 18.5 Å². The van der Waals surface area contributed by atoms with Gasteiger partial charge in [-0.1, -0.05) is 6.07 Å². The Bertz CT molecular complexity index is 1030. The minimum Gasteiger partial charge on any atom is -0.490 e. The summed E-state index contributed by atoms with van der Waals surface area (Å²) in [6.45, 7) is 8.17. The van der Waals surface area contributed by atoms with E-state index in [1.807, 2.05) is 0 Å². The Morgan fingerprint density at radius 1 is 1.00 bits per heavy atom. The van der Waals surface area contributed by atoms with E-state index in [2.05, 4.69) is 10.0 Å². The number of nitrogens with one attached hydrogen (secondary N) is 2. The Balaban J connectivity index is 1.85. The molecule has 0 radical (unpaired) electrons. The molecule has 0 spiro atoms. The first kappa shape index (κ1) is 21.1. The molecule has 1 amide bonds. The molecule has 0 unspecified atom stereocenters. The average molecular weight is 419 g/mol. The van der Waals surface area contributed by atoms with Gasteiger partial charge in [-0.25, -0.2) is 13.1 Å². The van der Waals surface area contributed by atoms with E-state index in [-0.39, 0.29) is 10.5 Å². The van der Waals surface area contributed by atoms with E-state index in [1.165, 1.54) is 12.1 Å². The third kappa shape index (κ3) is 5.27. The first-order valence-corrected chi connectivity index (χ1v) is 10.9. The lowest BCUT2D eigenvalue weighted by atomic mass is 10.1. The van der Waals surface area contributed by atoms with Gasteiger partial charge in [0.2, 0.25) is 10.0 Å². The molecule has 1 heterocycles. The molecule has 2 aromatic rings. The number of fused-ring (bicyclic) bond motifs is 1. The number of carbonyl (C=O) groups is 1. The van der Waals surface area contributed by atoms with E-state index in [0.717, 1.165) is 6.42 Å². The number of anilines is 1. The van der Waals surface area contributed by atoms with Crippen LogP contribution in [-0.4, -0.2) is 33.1 Å². The van der Waals surface area contributed by atoms with Crippen LogP contribution in [0.5, 0.6) is 11.5 Å². The standard InChI is InChI=1S/C21H26N2O5S/c1-14-6-8-16(29(25,26)23-21(2,3)4)13-17(14)20(24)22-15-7-9-18-19(12-15)28-11-5-10-27-18/h6-9,12-13,23H,5,10-11H2,1-4H3,(H,22,24). The zero-order valence-electron chi connectivity index (χ0n) is 17.0. The summed E-state index contributed by atoms with van der Waals surface area (Å²) in [5.74, 6) is 0.811. The van der Waals surface area contributed by atoms with Crippen LogP contribution in [0, 0.1) is 6.92 Å². The number of amides is 1. The quantitative estimate of drug-likeness (QED) is 0.793. The summed E-state index contributed by atoms with van der Waals surface area (Å²) in [4.78, 5) is 12.9. The fourth-order valence-electron chi connectivity index (χ4n) is 2.91. The summed E-state index contributed by atoms with van der Waals surface area (Å²) in [6, 6.07) is 9.69. The molecule has 0 saturated heterocycles. The number of hydrogen-bond donors (Lipinski definition) is 2. The largest absolute Gasteiger partial charge is 0.490 e. The van der Waals surface area contributed by atoms with Gasteiger partial charge in [-0.05, 0) is 57.5 Å². The highest BCUT2D eigenvalue weighted by Crippen LogP contribution is 2.32. The normalized spacial score (nSPS) is 14.2. The molecule has 8 heteroatoms. The van der Waals surface area contributed by atoms with Crippen molar-refractivity contribution >= 4 is 21.6 Å². The SMILES string of the molecule is Cc1ccc(S(=O)(=O)NC(C)(C)C)cc1C(=O)Nc1ccc2c(c1)OCCCO2. The fraction of sp³-hybridized carbons (Fsp3) is 0.381. The lowest BCUT2D eigenvalue weighted by Gasteiger charge is -2.20. The van der Waals surface area contributed by atoms with Crippen LogP contribution in [0.4, 0.5) is 5.69 Å². The van der Waals surface area contributed by atoms with Gasteiger partial charge in [-0.2, -0.15) is 0 Å². The van der Waals surface area contributed by atoms with Gasteiger partial charge in [-0.15, -0.1) is 0 Å². The Labute approximate surface area is 171 Å². The molecule has 0 bridgehead atoms. The second kappa shape index (κ2) is 8.04. The van der Waals surface area contributed by atoms with Crippen molar-refractivity contribution in [1.29, 1.82) is 0 Å². The highest BCUT2D eigenvalue weighted by atomic mass is 32.2. The van der Waals surface area contributed by atoms with Gasteiger partial charge >= 0.3 is 0 Å². The Kier molecular flexibility index (Phi) is 5.86. The lowest BCUT2D eigenvalue weighted by Crippen LogP contribution is -2.40. The molecule has 156 valence electrons. The predicted molar refractivity (Wildman–Crippen MR) is 111 cm³/mol. The summed E-state index contributed by atoms with van der Waals surface area (Å²) in [5, 5.41) is 2.81. The number of benzene rings is 2. The van der Waals surface area contributed by atoms with E-state index in [0.29, 0.717) is 36.0 Å².